The summed E-state index contributed by atoms with van der Waals surface area (Å²) in [6.45, 7) is 11.6. The number of amides is 1. The van der Waals surface area contributed by atoms with E-state index in [4.69, 9.17) is 17.3 Å². The summed E-state index contributed by atoms with van der Waals surface area (Å²) < 4.78 is 0. The first-order valence-corrected chi connectivity index (χ1v) is 11.0. The van der Waals surface area contributed by atoms with Crippen molar-refractivity contribution in [3.63, 3.8) is 0 Å². The lowest BCUT2D eigenvalue weighted by atomic mass is 9.97. The van der Waals surface area contributed by atoms with Crippen LogP contribution < -0.4 is 27.0 Å². The van der Waals surface area contributed by atoms with Crippen molar-refractivity contribution in [2.45, 2.75) is 25.7 Å². The molecule has 0 aliphatic carbocycles. The Morgan fingerprint density at radius 3 is 2.76 bits per heavy atom. The van der Waals surface area contributed by atoms with E-state index in [1.165, 1.54) is 0 Å². The van der Waals surface area contributed by atoms with Crippen LogP contribution in [0.1, 0.15) is 13.3 Å². The minimum atomic E-state index is -0.0362. The molecule has 0 radical (unpaired) electrons. The smallest absolute Gasteiger partial charge is 0.225 e. The molecular formula is C21H35ClN6O. The minimum Gasteiger partial charge on any atom is -0.355 e. The molecule has 8 heteroatoms. The van der Waals surface area contributed by atoms with Gasteiger partial charge in [0.15, 0.2) is 0 Å². The molecule has 0 saturated carbocycles. The molecule has 4 unspecified atom stereocenters. The standard InChI is InChI=1S/C21H35ClN6O/c1-3-15(7-18(22)4-2)19-25-11-16(12-26-21(29)17-9-24-10-17)20(27-19)28-6-5-14(8-23)13-28/h3-4,7,14,16-17,19-20,24-25,27H,1,5-6,8-13,23H2,2H3,(H,26,29)/b15-7+,18-4-. The maximum atomic E-state index is 12.3. The second kappa shape index (κ2) is 10.7. The molecular weight excluding hydrogens is 388 g/mol. The van der Waals surface area contributed by atoms with Gasteiger partial charge in [-0.05, 0) is 37.5 Å². The summed E-state index contributed by atoms with van der Waals surface area (Å²) in [4.78, 5) is 14.8. The lowest BCUT2D eigenvalue weighted by Crippen LogP contribution is -2.66. The third-order valence-corrected chi connectivity index (χ3v) is 6.58. The highest BCUT2D eigenvalue weighted by Crippen LogP contribution is 2.24. The van der Waals surface area contributed by atoms with Gasteiger partial charge in [0.25, 0.3) is 0 Å². The summed E-state index contributed by atoms with van der Waals surface area (Å²) >= 11 is 6.23. The molecule has 162 valence electrons. The van der Waals surface area contributed by atoms with Crippen LogP contribution in [0.5, 0.6) is 0 Å². The zero-order valence-corrected chi connectivity index (χ0v) is 18.0. The highest BCUT2D eigenvalue weighted by atomic mass is 35.5. The van der Waals surface area contributed by atoms with Gasteiger partial charge in [0, 0.05) is 50.2 Å². The van der Waals surface area contributed by atoms with Crippen molar-refractivity contribution in [2.75, 3.05) is 45.8 Å². The maximum Gasteiger partial charge on any atom is 0.225 e. The van der Waals surface area contributed by atoms with Crippen molar-refractivity contribution in [3.8, 4) is 0 Å². The molecule has 0 aromatic heterocycles. The molecule has 0 spiro atoms. The quantitative estimate of drug-likeness (QED) is 0.362. The number of nitrogens with two attached hydrogens (primary N) is 1. The molecule has 3 aliphatic rings. The van der Waals surface area contributed by atoms with E-state index in [1.54, 1.807) is 0 Å². The summed E-state index contributed by atoms with van der Waals surface area (Å²) in [5.74, 6) is 1.06. The predicted molar refractivity (Wildman–Crippen MR) is 118 cm³/mol. The molecule has 0 aromatic rings. The number of allylic oxidation sites excluding steroid dienone is 3. The van der Waals surface area contributed by atoms with Crippen LogP contribution in [0.15, 0.2) is 35.4 Å². The first-order chi connectivity index (χ1) is 14.0. The van der Waals surface area contributed by atoms with E-state index in [-0.39, 0.29) is 30.1 Å². The molecule has 0 bridgehead atoms. The van der Waals surface area contributed by atoms with Crippen LogP contribution >= 0.6 is 11.6 Å². The SMILES string of the molecule is C=C/C(=C\C(Cl)=C\C)C1NCC(CNC(=O)C2CNC2)C(N2CCC(CN)C2)N1. The first kappa shape index (κ1) is 22.5. The third-order valence-electron chi connectivity index (χ3n) is 6.25. The number of nitrogens with one attached hydrogen (secondary N) is 4. The van der Waals surface area contributed by atoms with E-state index in [1.807, 2.05) is 25.2 Å². The fourth-order valence-electron chi connectivity index (χ4n) is 4.21. The van der Waals surface area contributed by atoms with E-state index < -0.39 is 0 Å². The van der Waals surface area contributed by atoms with E-state index in [2.05, 4.69) is 32.7 Å². The molecule has 3 heterocycles. The van der Waals surface area contributed by atoms with Gasteiger partial charge in [0.2, 0.25) is 5.91 Å². The molecule has 3 fully saturated rings. The monoisotopic (exact) mass is 422 g/mol. The van der Waals surface area contributed by atoms with Crippen LogP contribution in [-0.4, -0.2) is 69.0 Å². The van der Waals surface area contributed by atoms with Gasteiger partial charge in [-0.15, -0.1) is 0 Å². The maximum absolute atomic E-state index is 12.3. The van der Waals surface area contributed by atoms with Crippen molar-refractivity contribution in [1.82, 2.24) is 26.2 Å². The van der Waals surface area contributed by atoms with Crippen LogP contribution in [0, 0.1) is 17.8 Å². The van der Waals surface area contributed by atoms with E-state index >= 15 is 0 Å². The molecule has 7 nitrogen and oxygen atoms in total. The fraction of sp³-hybridized carbons (Fsp3) is 0.667. The van der Waals surface area contributed by atoms with Gasteiger partial charge in [-0.3, -0.25) is 20.3 Å². The summed E-state index contributed by atoms with van der Waals surface area (Å²) in [6.07, 6.45) is 6.89. The van der Waals surface area contributed by atoms with Crippen molar-refractivity contribution in [1.29, 1.82) is 0 Å². The van der Waals surface area contributed by atoms with E-state index in [0.717, 1.165) is 51.3 Å². The summed E-state index contributed by atoms with van der Waals surface area (Å²) in [7, 11) is 0. The average Bonchev–Trinajstić information content (AvgIpc) is 3.18. The number of carbonyl (C=O) groups excluding carboxylic acids is 1. The Labute approximate surface area is 179 Å². The minimum absolute atomic E-state index is 0.0362. The van der Waals surface area contributed by atoms with Gasteiger partial charge >= 0.3 is 0 Å². The number of rotatable bonds is 8. The number of hydrogen-bond acceptors (Lipinski definition) is 6. The van der Waals surface area contributed by atoms with Crippen molar-refractivity contribution in [2.24, 2.45) is 23.5 Å². The molecule has 3 rings (SSSR count). The number of nitrogens with zero attached hydrogens (tertiary/aromatic N) is 1. The number of halogens is 1. The Kier molecular flexibility index (Phi) is 8.29. The zero-order chi connectivity index (χ0) is 20.8. The molecule has 29 heavy (non-hydrogen) atoms. The Hall–Kier alpha value is -1.22. The Bertz CT molecular complexity index is 647. The number of likely N-dealkylation sites (tertiary alicyclic amines) is 1. The van der Waals surface area contributed by atoms with E-state index in [9.17, 15) is 4.79 Å². The summed E-state index contributed by atoms with van der Waals surface area (Å²) in [5, 5.41) is 14.3. The van der Waals surface area contributed by atoms with Crippen LogP contribution in [0.2, 0.25) is 0 Å². The number of carbonyl (C=O) groups is 1. The average molecular weight is 423 g/mol. The Morgan fingerprint density at radius 1 is 1.38 bits per heavy atom. The van der Waals surface area contributed by atoms with Crippen molar-refractivity contribution in [3.05, 3.63) is 35.4 Å². The van der Waals surface area contributed by atoms with Crippen LogP contribution in [-0.2, 0) is 4.79 Å². The zero-order valence-electron chi connectivity index (χ0n) is 17.3. The van der Waals surface area contributed by atoms with E-state index in [0.29, 0.717) is 17.5 Å². The first-order valence-electron chi connectivity index (χ1n) is 10.6. The van der Waals surface area contributed by atoms with Crippen molar-refractivity contribution < 1.29 is 4.79 Å². The topological polar surface area (TPSA) is 94.5 Å². The Balaban J connectivity index is 1.68. The fourth-order valence-corrected chi connectivity index (χ4v) is 4.33. The Morgan fingerprint density at radius 2 is 2.17 bits per heavy atom. The highest BCUT2D eigenvalue weighted by molar-refractivity contribution is 6.31. The summed E-state index contributed by atoms with van der Waals surface area (Å²) in [5.41, 5.74) is 6.93. The van der Waals surface area contributed by atoms with Crippen LogP contribution in [0.4, 0.5) is 0 Å². The molecule has 6 N–H and O–H groups in total. The molecule has 0 aromatic carbocycles. The second-order valence-electron chi connectivity index (χ2n) is 8.22. The van der Waals surface area contributed by atoms with Gasteiger partial charge in [-0.25, -0.2) is 0 Å². The summed E-state index contributed by atoms with van der Waals surface area (Å²) in [6, 6.07) is 0. The van der Waals surface area contributed by atoms with Gasteiger partial charge < -0.3 is 16.4 Å². The molecule has 3 saturated heterocycles. The third kappa shape index (κ3) is 5.69. The number of hydrogen-bond donors (Lipinski definition) is 5. The lowest BCUT2D eigenvalue weighted by molar-refractivity contribution is -0.126. The lowest BCUT2D eigenvalue weighted by Gasteiger charge is -2.43. The molecule has 3 aliphatic heterocycles. The van der Waals surface area contributed by atoms with Gasteiger partial charge in [-0.2, -0.15) is 0 Å². The van der Waals surface area contributed by atoms with Crippen LogP contribution in [0.3, 0.4) is 0 Å². The van der Waals surface area contributed by atoms with Gasteiger partial charge in [-0.1, -0.05) is 30.3 Å². The highest BCUT2D eigenvalue weighted by Gasteiger charge is 2.38. The van der Waals surface area contributed by atoms with Crippen molar-refractivity contribution >= 4 is 17.5 Å². The predicted octanol–water partition coefficient (Wildman–Crippen LogP) is 0.319. The molecule has 1 amide bonds. The molecule has 4 atom stereocenters. The second-order valence-corrected chi connectivity index (χ2v) is 8.66. The van der Waals surface area contributed by atoms with Gasteiger partial charge in [0.1, 0.15) is 0 Å². The largest absolute Gasteiger partial charge is 0.355 e. The normalized spacial score (nSPS) is 32.1. The van der Waals surface area contributed by atoms with Crippen LogP contribution in [0.25, 0.3) is 0 Å². The van der Waals surface area contributed by atoms with Gasteiger partial charge in [0.05, 0.1) is 18.2 Å².